The van der Waals surface area contributed by atoms with Gasteiger partial charge in [-0.05, 0) is 24.3 Å². The topological polar surface area (TPSA) is 105 Å². The van der Waals surface area contributed by atoms with Crippen molar-refractivity contribution in [2.75, 3.05) is 24.2 Å². The van der Waals surface area contributed by atoms with E-state index in [9.17, 15) is 10.0 Å². The summed E-state index contributed by atoms with van der Waals surface area (Å²) in [6.07, 6.45) is 0. The summed E-state index contributed by atoms with van der Waals surface area (Å²) in [5, 5.41) is 13.3. The van der Waals surface area contributed by atoms with Crippen molar-refractivity contribution in [3.63, 3.8) is 0 Å². The Hall–Kier alpha value is -2.57. The van der Waals surface area contributed by atoms with Crippen LogP contribution in [0.25, 0.3) is 0 Å². The number of halogens is 1. The fourth-order valence-electron chi connectivity index (χ4n) is 2.21. The van der Waals surface area contributed by atoms with Crippen LogP contribution < -0.4 is 16.4 Å². The number of nitrogens with zero attached hydrogens (tertiary/aromatic N) is 2. The van der Waals surface area contributed by atoms with Crippen LogP contribution in [0.3, 0.4) is 0 Å². The van der Waals surface area contributed by atoms with Crippen LogP contribution >= 0.6 is 11.6 Å². The smallest absolute Gasteiger partial charge is 0.240 e. The molecule has 5 N–H and O–H groups in total. The van der Waals surface area contributed by atoms with Crippen molar-refractivity contribution >= 4 is 34.6 Å². The van der Waals surface area contributed by atoms with E-state index in [1.54, 1.807) is 49.5 Å². The number of hydrogen-bond donors (Lipinski definition) is 3. The van der Waals surface area contributed by atoms with Crippen molar-refractivity contribution in [2.45, 2.75) is 0 Å². The lowest BCUT2D eigenvalue weighted by molar-refractivity contribution is -0.117. The van der Waals surface area contributed by atoms with Gasteiger partial charge in [0.1, 0.15) is 5.71 Å². The summed E-state index contributed by atoms with van der Waals surface area (Å²) >= 11 is 6.19. The summed E-state index contributed by atoms with van der Waals surface area (Å²) in [6.45, 7) is -0.141. The van der Waals surface area contributed by atoms with Gasteiger partial charge in [0.15, 0.2) is 0 Å². The van der Waals surface area contributed by atoms with E-state index in [2.05, 4.69) is 5.16 Å². The molecule has 1 amide bonds. The van der Waals surface area contributed by atoms with Gasteiger partial charge in [-0.3, -0.25) is 4.79 Å². The van der Waals surface area contributed by atoms with Gasteiger partial charge in [0.05, 0.1) is 17.3 Å². The van der Waals surface area contributed by atoms with Crippen LogP contribution in [-0.2, 0) is 4.79 Å². The summed E-state index contributed by atoms with van der Waals surface area (Å²) in [5.41, 5.74) is 13.5. The van der Waals surface area contributed by atoms with E-state index >= 15 is 0 Å². The SMILES string of the molecule is CN(C(=O)CN)c1ccc(N)cc1/C(=N/O)c1ccccc1Cl. The quantitative estimate of drug-likeness (QED) is 0.345. The Morgan fingerprint density at radius 1 is 1.26 bits per heavy atom. The zero-order chi connectivity index (χ0) is 17.0. The van der Waals surface area contributed by atoms with Gasteiger partial charge in [0, 0.05) is 23.9 Å². The van der Waals surface area contributed by atoms with Gasteiger partial charge >= 0.3 is 0 Å². The lowest BCUT2D eigenvalue weighted by Crippen LogP contribution is -2.33. The number of anilines is 2. The molecule has 2 aromatic carbocycles. The van der Waals surface area contributed by atoms with Crippen LogP contribution in [-0.4, -0.2) is 30.4 Å². The molecular weight excluding hydrogens is 316 g/mol. The third-order valence-electron chi connectivity index (χ3n) is 3.41. The van der Waals surface area contributed by atoms with Gasteiger partial charge in [0.25, 0.3) is 0 Å². The monoisotopic (exact) mass is 332 g/mol. The Balaban J connectivity index is 2.63. The maximum absolute atomic E-state index is 11.9. The van der Waals surface area contributed by atoms with E-state index in [4.69, 9.17) is 23.1 Å². The van der Waals surface area contributed by atoms with E-state index in [0.717, 1.165) is 0 Å². The first kappa shape index (κ1) is 16.8. The number of nitrogens with two attached hydrogens (primary N) is 2. The van der Waals surface area contributed by atoms with Crippen LogP contribution in [0, 0.1) is 0 Å². The predicted molar refractivity (Wildman–Crippen MR) is 92.2 cm³/mol. The highest BCUT2D eigenvalue weighted by Crippen LogP contribution is 2.28. The second-order valence-electron chi connectivity index (χ2n) is 4.86. The normalized spacial score (nSPS) is 11.3. The molecule has 7 heteroatoms. The molecule has 120 valence electrons. The van der Waals surface area contributed by atoms with Crippen LogP contribution in [0.5, 0.6) is 0 Å². The van der Waals surface area contributed by atoms with E-state index in [1.165, 1.54) is 4.90 Å². The summed E-state index contributed by atoms with van der Waals surface area (Å²) in [7, 11) is 1.59. The summed E-state index contributed by atoms with van der Waals surface area (Å²) < 4.78 is 0. The van der Waals surface area contributed by atoms with Crippen molar-refractivity contribution in [3.8, 4) is 0 Å². The standard InChI is InChI=1S/C16H17ClN4O2/c1-21(15(22)9-18)14-7-6-10(19)8-12(14)16(20-23)11-4-2-3-5-13(11)17/h2-8,23H,9,18-19H2,1H3/b20-16+. The first-order valence-corrected chi connectivity index (χ1v) is 7.20. The van der Waals surface area contributed by atoms with Gasteiger partial charge in [-0.25, -0.2) is 0 Å². The maximum atomic E-state index is 11.9. The molecule has 2 aromatic rings. The maximum Gasteiger partial charge on any atom is 0.240 e. The lowest BCUT2D eigenvalue weighted by Gasteiger charge is -2.21. The van der Waals surface area contributed by atoms with Gasteiger partial charge in [-0.1, -0.05) is 35.0 Å². The molecule has 0 fully saturated rings. The molecule has 0 saturated carbocycles. The molecular formula is C16H17ClN4O2. The Bertz CT molecular complexity index is 761. The number of benzene rings is 2. The molecule has 0 bridgehead atoms. The minimum Gasteiger partial charge on any atom is -0.410 e. The van der Waals surface area contributed by atoms with Crippen LogP contribution in [0.4, 0.5) is 11.4 Å². The Labute approximate surface area is 138 Å². The average molecular weight is 333 g/mol. The number of hydrogen-bond acceptors (Lipinski definition) is 5. The molecule has 0 saturated heterocycles. The third-order valence-corrected chi connectivity index (χ3v) is 3.74. The van der Waals surface area contributed by atoms with Crippen LogP contribution in [0.1, 0.15) is 11.1 Å². The summed E-state index contributed by atoms with van der Waals surface area (Å²) in [6, 6.07) is 11.9. The fourth-order valence-corrected chi connectivity index (χ4v) is 2.44. The highest BCUT2D eigenvalue weighted by Gasteiger charge is 2.20. The van der Waals surface area contributed by atoms with E-state index in [-0.39, 0.29) is 18.2 Å². The van der Waals surface area contributed by atoms with E-state index in [0.29, 0.717) is 27.5 Å². The fraction of sp³-hybridized carbons (Fsp3) is 0.125. The number of likely N-dealkylation sites (N-methyl/N-ethyl adjacent to an activating group) is 1. The lowest BCUT2D eigenvalue weighted by atomic mass is 9.99. The van der Waals surface area contributed by atoms with Crippen molar-refractivity contribution in [1.82, 2.24) is 0 Å². The molecule has 0 heterocycles. The molecule has 6 nitrogen and oxygen atoms in total. The van der Waals surface area contributed by atoms with Crippen molar-refractivity contribution in [1.29, 1.82) is 0 Å². The van der Waals surface area contributed by atoms with Gasteiger partial charge in [0.2, 0.25) is 5.91 Å². The third kappa shape index (κ3) is 3.44. The van der Waals surface area contributed by atoms with Gasteiger partial charge in [-0.2, -0.15) is 0 Å². The number of carbonyl (C=O) groups excluding carboxylic acids is 1. The zero-order valence-electron chi connectivity index (χ0n) is 12.5. The van der Waals surface area contributed by atoms with Crippen molar-refractivity contribution in [3.05, 3.63) is 58.6 Å². The average Bonchev–Trinajstić information content (AvgIpc) is 2.56. The second kappa shape index (κ2) is 7.13. The first-order chi connectivity index (χ1) is 11.0. The molecule has 0 unspecified atom stereocenters. The molecule has 0 aliphatic rings. The van der Waals surface area contributed by atoms with Gasteiger partial charge < -0.3 is 21.6 Å². The molecule has 0 aliphatic heterocycles. The Morgan fingerprint density at radius 3 is 2.57 bits per heavy atom. The molecule has 0 aliphatic carbocycles. The number of rotatable bonds is 4. The minimum atomic E-state index is -0.285. The molecule has 0 aromatic heterocycles. The molecule has 2 rings (SSSR count). The highest BCUT2D eigenvalue weighted by atomic mass is 35.5. The summed E-state index contributed by atoms with van der Waals surface area (Å²) in [4.78, 5) is 13.3. The number of nitrogen functional groups attached to an aromatic ring is 1. The van der Waals surface area contributed by atoms with E-state index in [1.807, 2.05) is 0 Å². The van der Waals surface area contributed by atoms with E-state index < -0.39 is 0 Å². The predicted octanol–water partition coefficient (Wildman–Crippen LogP) is 2.07. The molecule has 0 atom stereocenters. The largest absolute Gasteiger partial charge is 0.410 e. The van der Waals surface area contributed by atoms with Crippen molar-refractivity contribution < 1.29 is 10.0 Å². The van der Waals surface area contributed by atoms with Crippen LogP contribution in [0.2, 0.25) is 5.02 Å². The molecule has 0 spiro atoms. The summed E-state index contributed by atoms with van der Waals surface area (Å²) in [5.74, 6) is -0.285. The highest BCUT2D eigenvalue weighted by molar-refractivity contribution is 6.36. The van der Waals surface area contributed by atoms with Crippen molar-refractivity contribution in [2.24, 2.45) is 10.9 Å². The second-order valence-corrected chi connectivity index (χ2v) is 5.27. The number of carbonyl (C=O) groups is 1. The Kier molecular flexibility index (Phi) is 5.20. The zero-order valence-corrected chi connectivity index (χ0v) is 13.3. The Morgan fingerprint density at radius 2 is 1.96 bits per heavy atom. The first-order valence-electron chi connectivity index (χ1n) is 6.83. The molecule has 23 heavy (non-hydrogen) atoms. The van der Waals surface area contributed by atoms with Crippen LogP contribution in [0.15, 0.2) is 47.6 Å². The van der Waals surface area contributed by atoms with Gasteiger partial charge in [-0.15, -0.1) is 0 Å². The molecule has 0 radical (unpaired) electrons. The number of oxime groups is 1. The minimum absolute atomic E-state index is 0.141. The number of amides is 1.